The molecule has 80 valence electrons. The van der Waals surface area contributed by atoms with Gasteiger partial charge in [0, 0.05) is 16.7 Å². The molecule has 0 amide bonds. The maximum Gasteiger partial charge on any atom is 0.190 e. The van der Waals surface area contributed by atoms with Crippen LogP contribution in [-0.4, -0.2) is 16.7 Å². The number of carbonyl (C=O) groups is 2. The normalized spacial score (nSPS) is 15.1. The molecule has 1 aliphatic carbocycles. The summed E-state index contributed by atoms with van der Waals surface area (Å²) in [5.74, 6) is -0.301. The largest absolute Gasteiger partial charge is 0.516 e. The van der Waals surface area contributed by atoms with E-state index < -0.39 is 0 Å². The Kier molecular flexibility index (Phi) is 2.68. The average molecular weight is 214 g/mol. The van der Waals surface area contributed by atoms with E-state index in [2.05, 4.69) is 0 Å². The molecule has 1 N–H and O–H groups in total. The van der Waals surface area contributed by atoms with Crippen molar-refractivity contribution >= 4 is 11.6 Å². The molecule has 1 aromatic rings. The van der Waals surface area contributed by atoms with Gasteiger partial charge >= 0.3 is 0 Å². The molecule has 0 bridgehead atoms. The third-order valence-corrected chi connectivity index (χ3v) is 2.48. The van der Waals surface area contributed by atoms with E-state index >= 15 is 0 Å². The molecule has 1 aliphatic rings. The van der Waals surface area contributed by atoms with E-state index in [0.717, 1.165) is 6.26 Å². The molecule has 16 heavy (non-hydrogen) atoms. The van der Waals surface area contributed by atoms with Crippen LogP contribution in [0.25, 0.3) is 0 Å². The first kappa shape index (κ1) is 10.4. The van der Waals surface area contributed by atoms with Crippen LogP contribution >= 0.6 is 0 Å². The van der Waals surface area contributed by atoms with Crippen LogP contribution < -0.4 is 0 Å². The molecule has 0 aromatic heterocycles. The Morgan fingerprint density at radius 3 is 2.50 bits per heavy atom. The van der Waals surface area contributed by atoms with Crippen molar-refractivity contribution < 1.29 is 14.7 Å². The van der Waals surface area contributed by atoms with Gasteiger partial charge in [-0.25, -0.2) is 0 Å². The summed E-state index contributed by atoms with van der Waals surface area (Å²) in [6, 6.07) is 6.75. The second-order valence-corrected chi connectivity index (χ2v) is 3.50. The van der Waals surface area contributed by atoms with Crippen LogP contribution in [0.4, 0.5) is 0 Å². The van der Waals surface area contributed by atoms with Gasteiger partial charge in [0.1, 0.15) is 0 Å². The molecule has 0 saturated carbocycles. The van der Waals surface area contributed by atoms with Crippen LogP contribution in [0, 0.1) is 0 Å². The Morgan fingerprint density at radius 2 is 1.81 bits per heavy atom. The Hall–Kier alpha value is -2.16. The van der Waals surface area contributed by atoms with Gasteiger partial charge in [-0.05, 0) is 18.6 Å². The number of aliphatic hydroxyl groups excluding tert-OH is 1. The van der Waals surface area contributed by atoms with Gasteiger partial charge in [-0.15, -0.1) is 0 Å². The lowest BCUT2D eigenvalue weighted by Crippen LogP contribution is -2.16. The zero-order valence-corrected chi connectivity index (χ0v) is 8.51. The van der Waals surface area contributed by atoms with Crippen molar-refractivity contribution in [1.82, 2.24) is 0 Å². The molecule has 0 radical (unpaired) electrons. The van der Waals surface area contributed by atoms with Gasteiger partial charge in [-0.2, -0.15) is 0 Å². The number of carbonyl (C=O) groups excluding carboxylic acids is 2. The number of hydrogen-bond donors (Lipinski definition) is 1. The molecule has 3 heteroatoms. The summed E-state index contributed by atoms with van der Waals surface area (Å²) in [4.78, 5) is 23.6. The van der Waals surface area contributed by atoms with Crippen molar-refractivity contribution in [3.05, 3.63) is 59.4 Å². The minimum atomic E-state index is -0.156. The minimum absolute atomic E-state index is 0.145. The van der Waals surface area contributed by atoms with Gasteiger partial charge in [0.15, 0.2) is 11.6 Å². The number of fused-ring (bicyclic) bond motifs is 1. The van der Waals surface area contributed by atoms with E-state index in [1.54, 1.807) is 24.3 Å². The lowest BCUT2D eigenvalue weighted by Gasteiger charge is -2.13. The second-order valence-electron chi connectivity index (χ2n) is 3.50. The third kappa shape index (κ3) is 1.67. The summed E-state index contributed by atoms with van der Waals surface area (Å²) in [5.41, 5.74) is 1.30. The van der Waals surface area contributed by atoms with Crippen LogP contribution in [0.5, 0.6) is 0 Å². The van der Waals surface area contributed by atoms with Crippen LogP contribution in [-0.2, 0) is 0 Å². The predicted molar refractivity (Wildman–Crippen MR) is 59.6 cm³/mol. The Bertz CT molecular complexity index is 510. The summed E-state index contributed by atoms with van der Waals surface area (Å²) < 4.78 is 0. The first-order valence-corrected chi connectivity index (χ1v) is 4.92. The highest BCUT2D eigenvalue weighted by atomic mass is 16.2. The van der Waals surface area contributed by atoms with E-state index in [-0.39, 0.29) is 18.0 Å². The van der Waals surface area contributed by atoms with Crippen molar-refractivity contribution in [3.63, 3.8) is 0 Å². The van der Waals surface area contributed by atoms with E-state index in [4.69, 9.17) is 5.11 Å². The van der Waals surface area contributed by atoms with Crippen LogP contribution in [0.3, 0.4) is 0 Å². The first-order chi connectivity index (χ1) is 7.74. The van der Waals surface area contributed by atoms with Gasteiger partial charge in [-0.1, -0.05) is 24.3 Å². The number of aliphatic hydroxyl groups is 1. The number of allylic oxidation sites excluding steroid dienone is 3. The molecular formula is C13H10O3. The monoisotopic (exact) mass is 214 g/mol. The first-order valence-electron chi connectivity index (χ1n) is 4.92. The summed E-state index contributed by atoms with van der Waals surface area (Å²) in [7, 11) is 0. The molecule has 0 unspecified atom stereocenters. The molecule has 0 aliphatic heterocycles. The fourth-order valence-corrected chi connectivity index (χ4v) is 1.70. The molecule has 0 fully saturated rings. The zero-order chi connectivity index (χ0) is 11.5. The van der Waals surface area contributed by atoms with Gasteiger partial charge < -0.3 is 5.11 Å². The van der Waals surface area contributed by atoms with Crippen LogP contribution in [0.2, 0.25) is 0 Å². The number of hydrogen-bond acceptors (Lipinski definition) is 3. The van der Waals surface area contributed by atoms with Crippen molar-refractivity contribution in [3.8, 4) is 0 Å². The summed E-state index contributed by atoms with van der Waals surface area (Å²) >= 11 is 0. The molecule has 0 atom stereocenters. The lowest BCUT2D eigenvalue weighted by molar-refractivity contribution is 0.0982. The predicted octanol–water partition coefficient (Wildman–Crippen LogP) is 2.45. The van der Waals surface area contributed by atoms with E-state index in [1.165, 1.54) is 12.2 Å². The van der Waals surface area contributed by atoms with E-state index in [9.17, 15) is 9.59 Å². The van der Waals surface area contributed by atoms with Crippen LogP contribution in [0.1, 0.15) is 27.1 Å². The molecule has 1 aromatic carbocycles. The fraction of sp³-hybridized carbons (Fsp3) is 0.0769. The summed E-state index contributed by atoms with van der Waals surface area (Å²) in [5, 5.41) is 8.54. The Balaban J connectivity index is 2.43. The molecular weight excluding hydrogens is 204 g/mol. The quantitative estimate of drug-likeness (QED) is 0.769. The molecule has 3 nitrogen and oxygen atoms in total. The summed E-state index contributed by atoms with van der Waals surface area (Å²) in [6.45, 7) is 0. The number of benzene rings is 1. The number of rotatable bonds is 2. The van der Waals surface area contributed by atoms with Crippen molar-refractivity contribution in [2.24, 2.45) is 0 Å². The smallest absolute Gasteiger partial charge is 0.190 e. The fourth-order valence-electron chi connectivity index (χ4n) is 1.70. The maximum atomic E-state index is 11.9. The highest BCUT2D eigenvalue weighted by molar-refractivity contribution is 6.24. The van der Waals surface area contributed by atoms with Crippen LogP contribution in [0.15, 0.2) is 48.3 Å². The lowest BCUT2D eigenvalue weighted by atomic mass is 9.88. The Labute approximate surface area is 92.7 Å². The van der Waals surface area contributed by atoms with Gasteiger partial charge in [0.2, 0.25) is 0 Å². The van der Waals surface area contributed by atoms with Gasteiger partial charge in [0.05, 0.1) is 6.26 Å². The zero-order valence-electron chi connectivity index (χ0n) is 8.51. The van der Waals surface area contributed by atoms with Crippen molar-refractivity contribution in [2.45, 2.75) is 6.42 Å². The summed E-state index contributed by atoms with van der Waals surface area (Å²) in [6.07, 6.45) is 3.92. The topological polar surface area (TPSA) is 54.4 Å². The maximum absolute atomic E-state index is 11.9. The minimum Gasteiger partial charge on any atom is -0.516 e. The SMILES string of the molecule is O=C1C=C(CC=CO)C(=O)c2ccccc21. The standard InChI is InChI=1S/C13H10O3/c14-7-3-4-9-8-12(15)10-5-1-2-6-11(10)13(9)16/h1-3,5-8,14H,4H2. The molecule has 0 spiro atoms. The van der Waals surface area contributed by atoms with Crippen molar-refractivity contribution in [2.75, 3.05) is 0 Å². The van der Waals surface area contributed by atoms with Gasteiger partial charge in [0.25, 0.3) is 0 Å². The van der Waals surface area contributed by atoms with E-state index in [1.807, 2.05) is 0 Å². The second kappa shape index (κ2) is 4.14. The molecule has 2 rings (SSSR count). The Morgan fingerprint density at radius 1 is 1.12 bits per heavy atom. The number of ketones is 2. The highest BCUT2D eigenvalue weighted by Gasteiger charge is 2.23. The van der Waals surface area contributed by atoms with Gasteiger partial charge in [-0.3, -0.25) is 9.59 Å². The van der Waals surface area contributed by atoms with Crippen molar-refractivity contribution in [1.29, 1.82) is 0 Å². The molecule has 0 saturated heterocycles. The number of Topliss-reactive ketones (excluding diaryl/α,β-unsaturated/α-hetero) is 1. The third-order valence-electron chi connectivity index (χ3n) is 2.48. The molecule has 0 heterocycles. The average Bonchev–Trinajstić information content (AvgIpc) is 2.32. The van der Waals surface area contributed by atoms with E-state index in [0.29, 0.717) is 16.7 Å². The highest BCUT2D eigenvalue weighted by Crippen LogP contribution is 2.22.